The van der Waals surface area contributed by atoms with Gasteiger partial charge in [0.2, 0.25) is 0 Å². The number of benzene rings is 3. The van der Waals surface area contributed by atoms with E-state index in [-0.39, 0.29) is 0 Å². The molecule has 0 radical (unpaired) electrons. The molecule has 22 heavy (non-hydrogen) atoms. The van der Waals surface area contributed by atoms with Crippen molar-refractivity contribution in [1.29, 1.82) is 0 Å². The summed E-state index contributed by atoms with van der Waals surface area (Å²) in [4.78, 5) is 1.29. The largest absolute Gasteiger partial charge is 0.456 e. The number of rotatable bonds is 1. The van der Waals surface area contributed by atoms with E-state index in [2.05, 4.69) is 54.6 Å². The van der Waals surface area contributed by atoms with Crippen LogP contribution in [0.2, 0.25) is 0 Å². The van der Waals surface area contributed by atoms with Crippen LogP contribution in [-0.4, -0.2) is 0 Å². The highest BCUT2D eigenvalue weighted by atomic mass is 32.1. The molecule has 0 aliphatic carbocycles. The van der Waals surface area contributed by atoms with Gasteiger partial charge in [-0.25, -0.2) is 0 Å². The molecule has 0 amide bonds. The molecule has 0 unspecified atom stereocenters. The summed E-state index contributed by atoms with van der Waals surface area (Å²) in [5.74, 6) is 0. The molecule has 3 aromatic carbocycles. The highest BCUT2D eigenvalue weighted by Gasteiger charge is 2.13. The fourth-order valence-corrected chi connectivity index (χ4v) is 4.19. The first-order valence-electron chi connectivity index (χ1n) is 7.29. The fraction of sp³-hybridized carbons (Fsp3) is 0. The molecule has 0 atom stereocenters. The van der Waals surface area contributed by atoms with Crippen molar-refractivity contribution in [1.82, 2.24) is 0 Å². The lowest BCUT2D eigenvalue weighted by atomic mass is 10.0. The molecule has 0 fully saturated rings. The summed E-state index contributed by atoms with van der Waals surface area (Å²) in [6.07, 6.45) is 0. The van der Waals surface area contributed by atoms with Gasteiger partial charge in [-0.05, 0) is 29.7 Å². The summed E-state index contributed by atoms with van der Waals surface area (Å²) in [7, 11) is 0. The van der Waals surface area contributed by atoms with Crippen molar-refractivity contribution in [3.05, 3.63) is 72.8 Å². The van der Waals surface area contributed by atoms with E-state index in [1.165, 1.54) is 31.3 Å². The maximum Gasteiger partial charge on any atom is 0.136 e. The van der Waals surface area contributed by atoms with Crippen LogP contribution in [-0.2, 0) is 0 Å². The molecule has 0 spiro atoms. The van der Waals surface area contributed by atoms with Crippen molar-refractivity contribution in [3.8, 4) is 10.4 Å². The summed E-state index contributed by atoms with van der Waals surface area (Å²) in [6, 6.07) is 25.4. The Hall–Kier alpha value is -2.58. The monoisotopic (exact) mass is 300 g/mol. The molecule has 0 N–H and O–H groups in total. The molecule has 5 aromatic rings. The standard InChI is InChI=1S/C20H12OS/c1-4-11-18-13(6-1)12-19(22-18)15-8-5-10-17-20(15)14-7-2-3-9-16(14)21-17/h1-12H. The van der Waals surface area contributed by atoms with Crippen molar-refractivity contribution >= 4 is 43.4 Å². The van der Waals surface area contributed by atoms with Crippen molar-refractivity contribution < 1.29 is 4.42 Å². The number of thiophene rings is 1. The number of fused-ring (bicyclic) bond motifs is 4. The van der Waals surface area contributed by atoms with E-state index in [9.17, 15) is 0 Å². The number of para-hydroxylation sites is 1. The van der Waals surface area contributed by atoms with Crippen LogP contribution in [0.3, 0.4) is 0 Å². The second-order valence-electron chi connectivity index (χ2n) is 5.43. The molecule has 5 rings (SSSR count). The van der Waals surface area contributed by atoms with Crippen LogP contribution in [0.1, 0.15) is 0 Å². The van der Waals surface area contributed by atoms with Crippen LogP contribution in [0.25, 0.3) is 42.5 Å². The van der Waals surface area contributed by atoms with E-state index in [1.54, 1.807) is 0 Å². The number of furan rings is 1. The minimum absolute atomic E-state index is 0.950. The molecule has 2 aromatic heterocycles. The zero-order valence-electron chi connectivity index (χ0n) is 11.7. The first kappa shape index (κ1) is 12.0. The molecule has 1 nitrogen and oxygen atoms in total. The summed E-state index contributed by atoms with van der Waals surface area (Å²) < 4.78 is 7.31. The lowest BCUT2D eigenvalue weighted by Gasteiger charge is -1.99. The van der Waals surface area contributed by atoms with E-state index in [4.69, 9.17) is 4.42 Å². The van der Waals surface area contributed by atoms with Crippen LogP contribution in [0.15, 0.2) is 77.2 Å². The van der Waals surface area contributed by atoms with E-state index in [0.717, 1.165) is 11.2 Å². The Morgan fingerprint density at radius 2 is 1.55 bits per heavy atom. The Labute approximate surface area is 131 Å². The van der Waals surface area contributed by atoms with Crippen LogP contribution in [0.4, 0.5) is 0 Å². The maximum absolute atomic E-state index is 5.99. The van der Waals surface area contributed by atoms with Gasteiger partial charge in [0, 0.05) is 25.9 Å². The van der Waals surface area contributed by atoms with E-state index < -0.39 is 0 Å². The van der Waals surface area contributed by atoms with Crippen molar-refractivity contribution in [2.75, 3.05) is 0 Å². The van der Waals surface area contributed by atoms with Gasteiger partial charge in [-0.1, -0.05) is 48.5 Å². The fourth-order valence-electron chi connectivity index (χ4n) is 3.09. The summed E-state index contributed by atoms with van der Waals surface area (Å²) in [5, 5.41) is 3.70. The number of hydrogen-bond donors (Lipinski definition) is 0. The third-order valence-electron chi connectivity index (χ3n) is 4.09. The average molecular weight is 300 g/mol. The average Bonchev–Trinajstić information content (AvgIpc) is 3.15. The molecule has 104 valence electrons. The Morgan fingerprint density at radius 3 is 2.50 bits per heavy atom. The molecule has 0 saturated heterocycles. The van der Waals surface area contributed by atoms with Gasteiger partial charge in [0.1, 0.15) is 11.2 Å². The highest BCUT2D eigenvalue weighted by molar-refractivity contribution is 7.22. The van der Waals surface area contributed by atoms with Gasteiger partial charge in [-0.3, -0.25) is 0 Å². The minimum atomic E-state index is 0.950. The first-order valence-corrected chi connectivity index (χ1v) is 8.11. The zero-order chi connectivity index (χ0) is 14.5. The zero-order valence-corrected chi connectivity index (χ0v) is 12.6. The predicted octanol–water partition coefficient (Wildman–Crippen LogP) is 6.47. The third-order valence-corrected chi connectivity index (χ3v) is 5.24. The molecular weight excluding hydrogens is 288 g/mol. The van der Waals surface area contributed by atoms with Crippen molar-refractivity contribution in [3.63, 3.8) is 0 Å². The van der Waals surface area contributed by atoms with Gasteiger partial charge in [0.05, 0.1) is 0 Å². The van der Waals surface area contributed by atoms with Crippen molar-refractivity contribution in [2.45, 2.75) is 0 Å². The number of hydrogen-bond acceptors (Lipinski definition) is 2. The Morgan fingerprint density at radius 1 is 0.727 bits per heavy atom. The van der Waals surface area contributed by atoms with E-state index in [1.807, 2.05) is 29.5 Å². The van der Waals surface area contributed by atoms with Crippen LogP contribution in [0.5, 0.6) is 0 Å². The molecule has 0 aliphatic heterocycles. The van der Waals surface area contributed by atoms with Crippen LogP contribution < -0.4 is 0 Å². The van der Waals surface area contributed by atoms with Crippen molar-refractivity contribution in [2.24, 2.45) is 0 Å². The minimum Gasteiger partial charge on any atom is -0.456 e. The van der Waals surface area contributed by atoms with E-state index in [0.29, 0.717) is 0 Å². The van der Waals surface area contributed by atoms with Gasteiger partial charge in [0.15, 0.2) is 0 Å². The van der Waals surface area contributed by atoms with E-state index >= 15 is 0 Å². The van der Waals surface area contributed by atoms with Crippen LogP contribution in [0, 0.1) is 0 Å². The Bertz CT molecular complexity index is 1100. The summed E-state index contributed by atoms with van der Waals surface area (Å²) in [6.45, 7) is 0. The quantitative estimate of drug-likeness (QED) is 0.346. The SMILES string of the molecule is c1ccc2sc(-c3cccc4oc5ccccc5c34)cc2c1. The third kappa shape index (κ3) is 1.65. The topological polar surface area (TPSA) is 13.1 Å². The maximum atomic E-state index is 5.99. The van der Waals surface area contributed by atoms with Gasteiger partial charge < -0.3 is 4.42 Å². The second-order valence-corrected chi connectivity index (χ2v) is 6.51. The molecule has 0 bridgehead atoms. The lowest BCUT2D eigenvalue weighted by Crippen LogP contribution is -1.74. The van der Waals surface area contributed by atoms with Gasteiger partial charge >= 0.3 is 0 Å². The highest BCUT2D eigenvalue weighted by Crippen LogP contribution is 2.40. The van der Waals surface area contributed by atoms with Gasteiger partial charge in [-0.15, -0.1) is 11.3 Å². The first-order chi connectivity index (χ1) is 10.9. The second kappa shape index (κ2) is 4.46. The van der Waals surface area contributed by atoms with Gasteiger partial charge in [-0.2, -0.15) is 0 Å². The predicted molar refractivity (Wildman–Crippen MR) is 94.5 cm³/mol. The summed E-state index contributed by atoms with van der Waals surface area (Å²) in [5.41, 5.74) is 3.16. The molecular formula is C20H12OS. The van der Waals surface area contributed by atoms with Crippen LogP contribution >= 0.6 is 11.3 Å². The summed E-state index contributed by atoms with van der Waals surface area (Å²) >= 11 is 1.84. The molecule has 2 heterocycles. The molecule has 0 aliphatic rings. The smallest absolute Gasteiger partial charge is 0.136 e. The Balaban J connectivity index is 1.90. The van der Waals surface area contributed by atoms with Gasteiger partial charge in [0.25, 0.3) is 0 Å². The molecule has 0 saturated carbocycles. The lowest BCUT2D eigenvalue weighted by molar-refractivity contribution is 0.669. The normalized spacial score (nSPS) is 11.6. The Kier molecular flexibility index (Phi) is 2.43. The molecule has 2 heteroatoms.